The molecule has 0 saturated carbocycles. The van der Waals surface area contributed by atoms with Gasteiger partial charge in [-0.25, -0.2) is 0 Å². The van der Waals surface area contributed by atoms with Crippen molar-refractivity contribution in [2.45, 2.75) is 5.37 Å². The van der Waals surface area contributed by atoms with Crippen LogP contribution in [0.3, 0.4) is 0 Å². The monoisotopic (exact) mass is 351 g/mol. The molecule has 1 saturated heterocycles. The van der Waals surface area contributed by atoms with Gasteiger partial charge >= 0.3 is 0 Å². The summed E-state index contributed by atoms with van der Waals surface area (Å²) in [6.45, 7) is 0. The molecule has 112 valence electrons. The number of carbonyl (C=O) groups excluding carboxylic acids is 2. The molecule has 0 spiro atoms. The van der Waals surface area contributed by atoms with Gasteiger partial charge in [0.25, 0.3) is 11.8 Å². The van der Waals surface area contributed by atoms with Crippen molar-refractivity contribution in [1.29, 1.82) is 5.26 Å². The standard InChI is InChI=1S/C13H9N3O3S3/c1-16-12(19)8(22-13(16)20)3-5-2-6-9(17)7(4-14)10(18)15-11(6)21-5/h2-3,6,11,17H,1H3,(H,15,18)/b8-3-. The number of hydrogen-bond acceptors (Lipinski definition) is 7. The molecule has 2 N–H and O–H groups in total. The first-order chi connectivity index (χ1) is 10.4. The van der Waals surface area contributed by atoms with Crippen LogP contribution < -0.4 is 5.32 Å². The molecule has 3 aliphatic rings. The minimum Gasteiger partial charge on any atom is -0.510 e. The molecular formula is C13H9N3O3S3. The summed E-state index contributed by atoms with van der Waals surface area (Å²) in [5.74, 6) is -1.44. The molecule has 22 heavy (non-hydrogen) atoms. The molecule has 0 aromatic rings. The van der Waals surface area contributed by atoms with Gasteiger partial charge in [-0.2, -0.15) is 5.26 Å². The van der Waals surface area contributed by atoms with Gasteiger partial charge in [-0.1, -0.05) is 30.1 Å². The molecule has 3 heterocycles. The van der Waals surface area contributed by atoms with Crippen LogP contribution in [0.15, 0.2) is 33.3 Å². The molecule has 0 aliphatic carbocycles. The first-order valence-corrected chi connectivity index (χ1v) is 8.27. The highest BCUT2D eigenvalue weighted by atomic mass is 32.2. The summed E-state index contributed by atoms with van der Waals surface area (Å²) in [5, 5.41) is 21.2. The summed E-state index contributed by atoms with van der Waals surface area (Å²) in [7, 11) is 1.61. The Balaban J connectivity index is 1.89. The van der Waals surface area contributed by atoms with Crippen molar-refractivity contribution in [3.05, 3.63) is 33.3 Å². The SMILES string of the molecule is CN1C(=O)/C(=C/C2=CC3C(O)=C(C#N)C(=O)NC3S2)SC1=S. The molecular weight excluding hydrogens is 342 g/mol. The number of hydrogen-bond donors (Lipinski definition) is 2. The quantitative estimate of drug-likeness (QED) is 0.545. The third-order valence-corrected chi connectivity index (χ3v) is 6.05. The van der Waals surface area contributed by atoms with E-state index in [2.05, 4.69) is 5.32 Å². The Morgan fingerprint density at radius 3 is 2.86 bits per heavy atom. The van der Waals surface area contributed by atoms with E-state index in [4.69, 9.17) is 17.5 Å². The van der Waals surface area contributed by atoms with Crippen molar-refractivity contribution in [1.82, 2.24) is 10.2 Å². The number of likely N-dealkylation sites (N-methyl/N-ethyl adjacent to an activating group) is 1. The van der Waals surface area contributed by atoms with E-state index in [1.54, 1.807) is 25.3 Å². The number of nitriles is 1. The van der Waals surface area contributed by atoms with E-state index in [1.807, 2.05) is 0 Å². The van der Waals surface area contributed by atoms with Gasteiger partial charge in [0.1, 0.15) is 16.1 Å². The first-order valence-electron chi connectivity index (χ1n) is 6.16. The Morgan fingerprint density at radius 1 is 1.55 bits per heavy atom. The lowest BCUT2D eigenvalue weighted by Crippen LogP contribution is -2.42. The molecule has 2 atom stereocenters. The van der Waals surface area contributed by atoms with Crippen LogP contribution in [0, 0.1) is 17.2 Å². The normalized spacial score (nSPS) is 29.6. The molecule has 0 bridgehead atoms. The van der Waals surface area contributed by atoms with Crippen molar-refractivity contribution in [2.24, 2.45) is 5.92 Å². The van der Waals surface area contributed by atoms with Crippen LogP contribution in [-0.4, -0.2) is 38.6 Å². The number of thioether (sulfide) groups is 2. The van der Waals surface area contributed by atoms with Gasteiger partial charge in [0.15, 0.2) is 5.57 Å². The number of nitrogens with zero attached hydrogens (tertiary/aromatic N) is 2. The number of carbonyl (C=O) groups is 2. The Hall–Kier alpha value is -1.76. The van der Waals surface area contributed by atoms with Crippen LogP contribution in [-0.2, 0) is 9.59 Å². The zero-order chi connectivity index (χ0) is 16.0. The Labute approximate surface area is 139 Å². The van der Waals surface area contributed by atoms with Crippen LogP contribution in [0.4, 0.5) is 0 Å². The number of aliphatic hydroxyl groups excluding tert-OH is 1. The predicted molar refractivity (Wildman–Crippen MR) is 87.4 cm³/mol. The van der Waals surface area contributed by atoms with Crippen LogP contribution >= 0.6 is 35.7 Å². The van der Waals surface area contributed by atoms with Gasteiger partial charge in [-0.15, -0.1) is 11.8 Å². The molecule has 1 fully saturated rings. The van der Waals surface area contributed by atoms with E-state index in [1.165, 1.54) is 28.4 Å². The van der Waals surface area contributed by atoms with Crippen LogP contribution in [0.25, 0.3) is 0 Å². The average molecular weight is 351 g/mol. The molecule has 6 nitrogen and oxygen atoms in total. The Bertz CT molecular complexity index is 747. The summed E-state index contributed by atoms with van der Waals surface area (Å²) in [6, 6.07) is 1.70. The second-order valence-electron chi connectivity index (χ2n) is 4.72. The second kappa shape index (κ2) is 5.46. The van der Waals surface area contributed by atoms with Gasteiger partial charge in [0, 0.05) is 12.0 Å². The minimum atomic E-state index is -0.580. The third-order valence-electron chi connectivity index (χ3n) is 3.38. The van der Waals surface area contributed by atoms with Gasteiger partial charge in [-0.3, -0.25) is 14.5 Å². The number of nitrogens with one attached hydrogen (secondary N) is 1. The lowest BCUT2D eigenvalue weighted by molar-refractivity contribution is -0.121. The summed E-state index contributed by atoms with van der Waals surface area (Å²) in [5.41, 5.74) is -0.265. The Kier molecular flexibility index (Phi) is 3.76. The van der Waals surface area contributed by atoms with Crippen molar-refractivity contribution >= 4 is 51.9 Å². The van der Waals surface area contributed by atoms with Crippen molar-refractivity contribution in [3.63, 3.8) is 0 Å². The van der Waals surface area contributed by atoms with E-state index in [9.17, 15) is 14.7 Å². The summed E-state index contributed by atoms with van der Waals surface area (Å²) < 4.78 is 0.486. The number of rotatable bonds is 1. The van der Waals surface area contributed by atoms with Crippen molar-refractivity contribution in [2.75, 3.05) is 7.05 Å². The smallest absolute Gasteiger partial charge is 0.266 e. The molecule has 3 aliphatic heterocycles. The second-order valence-corrected chi connectivity index (χ2v) is 7.61. The van der Waals surface area contributed by atoms with Crippen molar-refractivity contribution in [3.8, 4) is 6.07 Å². The topological polar surface area (TPSA) is 93.4 Å². The number of aliphatic hydroxyl groups is 1. The molecule has 0 aromatic carbocycles. The molecule has 0 radical (unpaired) electrons. The van der Waals surface area contributed by atoms with Crippen LogP contribution in [0.2, 0.25) is 0 Å². The molecule has 0 aromatic heterocycles. The van der Waals surface area contributed by atoms with Crippen molar-refractivity contribution < 1.29 is 14.7 Å². The lowest BCUT2D eigenvalue weighted by Gasteiger charge is -2.24. The fraction of sp³-hybridized carbons (Fsp3) is 0.231. The van der Waals surface area contributed by atoms with E-state index in [0.717, 1.165) is 4.91 Å². The highest BCUT2D eigenvalue weighted by Gasteiger charge is 2.40. The van der Waals surface area contributed by atoms with E-state index < -0.39 is 11.8 Å². The summed E-state index contributed by atoms with van der Waals surface area (Å²) in [4.78, 5) is 26.3. The predicted octanol–water partition coefficient (Wildman–Crippen LogP) is 1.40. The lowest BCUT2D eigenvalue weighted by atomic mass is 9.98. The summed E-state index contributed by atoms with van der Waals surface area (Å²) in [6.07, 6.45) is 3.43. The zero-order valence-electron chi connectivity index (χ0n) is 11.2. The number of thiocarbonyl (C=S) groups is 1. The van der Waals surface area contributed by atoms with E-state index in [-0.39, 0.29) is 22.6 Å². The number of allylic oxidation sites excluding steroid dienone is 1. The maximum Gasteiger partial charge on any atom is 0.266 e. The number of amides is 2. The third kappa shape index (κ3) is 2.33. The molecule has 2 amide bonds. The highest BCUT2D eigenvalue weighted by Crippen LogP contribution is 2.43. The number of fused-ring (bicyclic) bond motifs is 1. The molecule has 9 heteroatoms. The fourth-order valence-corrected chi connectivity index (χ4v) is 4.68. The molecule has 3 rings (SSSR count). The first kappa shape index (κ1) is 15.1. The van der Waals surface area contributed by atoms with E-state index in [0.29, 0.717) is 9.23 Å². The van der Waals surface area contributed by atoms with Gasteiger partial charge < -0.3 is 10.4 Å². The maximum absolute atomic E-state index is 12.0. The summed E-state index contributed by atoms with van der Waals surface area (Å²) >= 11 is 7.60. The molecule has 2 unspecified atom stereocenters. The minimum absolute atomic E-state index is 0.173. The fourth-order valence-electron chi connectivity index (χ4n) is 2.21. The highest BCUT2D eigenvalue weighted by molar-refractivity contribution is 8.26. The van der Waals surface area contributed by atoms with Gasteiger partial charge in [0.05, 0.1) is 16.2 Å². The van der Waals surface area contributed by atoms with Gasteiger partial charge in [-0.05, 0) is 6.08 Å². The van der Waals surface area contributed by atoms with Crippen LogP contribution in [0.5, 0.6) is 0 Å². The van der Waals surface area contributed by atoms with Gasteiger partial charge in [0.2, 0.25) is 0 Å². The zero-order valence-corrected chi connectivity index (χ0v) is 13.6. The maximum atomic E-state index is 12.0. The van der Waals surface area contributed by atoms with E-state index >= 15 is 0 Å². The largest absolute Gasteiger partial charge is 0.510 e. The van der Waals surface area contributed by atoms with Crippen LogP contribution in [0.1, 0.15) is 0 Å². The average Bonchev–Trinajstić information content (AvgIpc) is 2.97. The Morgan fingerprint density at radius 2 is 2.27 bits per heavy atom.